The number of carbonyl (C=O) groups excluding carboxylic acids is 1. The zero-order valence-electron chi connectivity index (χ0n) is 10.7. The largest absolute Gasteiger partial charge is 0.468 e. The summed E-state index contributed by atoms with van der Waals surface area (Å²) in [6.45, 7) is -3.61. The van der Waals surface area contributed by atoms with Gasteiger partial charge < -0.3 is 9.47 Å². The van der Waals surface area contributed by atoms with E-state index in [2.05, 4.69) is 30.5 Å². The summed E-state index contributed by atoms with van der Waals surface area (Å²) in [6.07, 6.45) is 0. The second-order valence-electron chi connectivity index (χ2n) is 3.91. The van der Waals surface area contributed by atoms with Crippen molar-refractivity contribution in [1.29, 1.82) is 0 Å². The van der Waals surface area contributed by atoms with Crippen molar-refractivity contribution in [1.82, 2.24) is 9.78 Å². The molecule has 0 radical (unpaired) electrons. The molecule has 0 unspecified atom stereocenters. The molecule has 1 aromatic carbocycles. The predicted molar refractivity (Wildman–Crippen MR) is 72.4 cm³/mol. The van der Waals surface area contributed by atoms with Crippen LogP contribution in [0.5, 0.6) is 5.88 Å². The van der Waals surface area contributed by atoms with Gasteiger partial charge in [0, 0.05) is 4.47 Å². The molecule has 1 aromatic heterocycles. The summed E-state index contributed by atoms with van der Waals surface area (Å²) in [5.74, 6) is -1.17. The van der Waals surface area contributed by atoms with Crippen LogP contribution < -0.4 is 10.3 Å². The molecular formula is C12H9BrF2N2O4. The number of nitrogens with zero attached hydrogens (tertiary/aromatic N) is 2. The topological polar surface area (TPSA) is 70.4 Å². The standard InChI is InChI=1S/C12H9BrF2N2O4/c1-20-9(18)5-17-11(19)8-4-6(13)2-3-7(8)10(16-17)21-12(14)15/h2-4,12H,5H2,1H3. The van der Waals surface area contributed by atoms with E-state index in [0.717, 1.165) is 11.8 Å². The van der Waals surface area contributed by atoms with Gasteiger partial charge in [0.1, 0.15) is 6.54 Å². The minimum Gasteiger partial charge on any atom is -0.468 e. The summed E-state index contributed by atoms with van der Waals surface area (Å²) in [5.41, 5.74) is -0.613. The Morgan fingerprint density at radius 1 is 1.43 bits per heavy atom. The third-order valence-corrected chi connectivity index (χ3v) is 3.09. The van der Waals surface area contributed by atoms with Crippen molar-refractivity contribution in [3.8, 4) is 5.88 Å². The van der Waals surface area contributed by atoms with Gasteiger partial charge in [-0.2, -0.15) is 8.78 Å². The number of aromatic nitrogens is 2. The number of rotatable bonds is 4. The van der Waals surface area contributed by atoms with E-state index >= 15 is 0 Å². The summed E-state index contributed by atoms with van der Waals surface area (Å²) in [5, 5.41) is 3.87. The highest BCUT2D eigenvalue weighted by atomic mass is 79.9. The third kappa shape index (κ3) is 3.35. The van der Waals surface area contributed by atoms with Crippen molar-refractivity contribution in [3.05, 3.63) is 33.0 Å². The molecule has 2 rings (SSSR count). The van der Waals surface area contributed by atoms with Gasteiger partial charge in [-0.15, -0.1) is 5.10 Å². The maximum Gasteiger partial charge on any atom is 0.388 e. The number of hydrogen-bond donors (Lipinski definition) is 0. The molecule has 0 bridgehead atoms. The Bertz CT molecular complexity index is 748. The van der Waals surface area contributed by atoms with Crippen LogP contribution in [0, 0.1) is 0 Å². The lowest BCUT2D eigenvalue weighted by molar-refractivity contribution is -0.141. The van der Waals surface area contributed by atoms with Gasteiger partial charge in [0.25, 0.3) is 5.56 Å². The fourth-order valence-electron chi connectivity index (χ4n) is 1.69. The molecule has 1 heterocycles. The van der Waals surface area contributed by atoms with E-state index in [1.807, 2.05) is 0 Å². The number of esters is 1. The molecule has 6 nitrogen and oxygen atoms in total. The van der Waals surface area contributed by atoms with Crippen molar-refractivity contribution in [3.63, 3.8) is 0 Å². The number of fused-ring (bicyclic) bond motifs is 1. The minimum absolute atomic E-state index is 0.0962. The van der Waals surface area contributed by atoms with Gasteiger partial charge in [0.05, 0.1) is 17.9 Å². The third-order valence-electron chi connectivity index (χ3n) is 2.60. The number of benzene rings is 1. The van der Waals surface area contributed by atoms with Gasteiger partial charge in [-0.25, -0.2) is 4.68 Å². The second kappa shape index (κ2) is 6.17. The lowest BCUT2D eigenvalue weighted by Crippen LogP contribution is -2.28. The van der Waals surface area contributed by atoms with Crippen molar-refractivity contribution >= 4 is 32.7 Å². The number of alkyl halides is 2. The maximum atomic E-state index is 12.4. The highest BCUT2D eigenvalue weighted by molar-refractivity contribution is 9.10. The molecule has 0 aliphatic heterocycles. The van der Waals surface area contributed by atoms with Crippen LogP contribution in [-0.4, -0.2) is 29.5 Å². The molecule has 0 fully saturated rings. The van der Waals surface area contributed by atoms with E-state index in [1.54, 1.807) is 6.07 Å². The van der Waals surface area contributed by atoms with Crippen LogP contribution in [0.4, 0.5) is 8.78 Å². The molecule has 0 N–H and O–H groups in total. The molecular weight excluding hydrogens is 354 g/mol. The Hall–Kier alpha value is -2.03. The van der Waals surface area contributed by atoms with Gasteiger partial charge in [-0.1, -0.05) is 15.9 Å². The van der Waals surface area contributed by atoms with E-state index in [9.17, 15) is 18.4 Å². The normalized spacial score (nSPS) is 10.9. The number of hydrogen-bond acceptors (Lipinski definition) is 5. The number of ether oxygens (including phenoxy) is 2. The van der Waals surface area contributed by atoms with Gasteiger partial charge in [0.15, 0.2) is 0 Å². The fourth-order valence-corrected chi connectivity index (χ4v) is 2.05. The summed E-state index contributed by atoms with van der Waals surface area (Å²) >= 11 is 3.18. The monoisotopic (exact) mass is 362 g/mol. The van der Waals surface area contributed by atoms with Gasteiger partial charge in [0.2, 0.25) is 5.88 Å². The van der Waals surface area contributed by atoms with Crippen molar-refractivity contribution in [2.45, 2.75) is 13.2 Å². The summed E-state index contributed by atoms with van der Waals surface area (Å²) in [6, 6.07) is 4.42. The van der Waals surface area contributed by atoms with Crippen LogP contribution in [0.1, 0.15) is 0 Å². The highest BCUT2D eigenvalue weighted by Crippen LogP contribution is 2.24. The molecule has 0 aliphatic carbocycles. The Kier molecular flexibility index (Phi) is 4.51. The summed E-state index contributed by atoms with van der Waals surface area (Å²) < 4.78 is 34.9. The SMILES string of the molecule is COC(=O)Cn1nc(OC(F)F)c2ccc(Br)cc2c1=O. The summed E-state index contributed by atoms with van der Waals surface area (Å²) in [4.78, 5) is 23.4. The quantitative estimate of drug-likeness (QED) is 0.777. The average molecular weight is 363 g/mol. The van der Waals surface area contributed by atoms with Crippen LogP contribution in [0.3, 0.4) is 0 Å². The minimum atomic E-state index is -3.10. The maximum absolute atomic E-state index is 12.4. The van der Waals surface area contributed by atoms with Gasteiger partial charge >= 0.3 is 12.6 Å². The molecule has 21 heavy (non-hydrogen) atoms. The molecule has 0 saturated carbocycles. The first-order valence-corrected chi connectivity index (χ1v) is 6.43. The first-order valence-electron chi connectivity index (χ1n) is 5.64. The molecule has 0 atom stereocenters. The Labute approximate surface area is 125 Å². The Balaban J connectivity index is 2.67. The van der Waals surface area contributed by atoms with Crippen LogP contribution in [-0.2, 0) is 16.1 Å². The zero-order chi connectivity index (χ0) is 15.6. The molecule has 0 spiro atoms. The van der Waals surface area contributed by atoms with Crippen LogP contribution >= 0.6 is 15.9 Å². The highest BCUT2D eigenvalue weighted by Gasteiger charge is 2.17. The van der Waals surface area contributed by atoms with Gasteiger partial charge in [-0.05, 0) is 18.2 Å². The lowest BCUT2D eigenvalue weighted by Gasteiger charge is -2.10. The second-order valence-corrected chi connectivity index (χ2v) is 4.83. The Morgan fingerprint density at radius 3 is 2.76 bits per heavy atom. The first-order chi connectivity index (χ1) is 9.92. The molecule has 0 saturated heterocycles. The first kappa shape index (κ1) is 15.4. The molecule has 112 valence electrons. The number of halogens is 3. The number of methoxy groups -OCH3 is 1. The number of carbonyl (C=O) groups is 1. The van der Waals surface area contributed by atoms with Crippen LogP contribution in [0.15, 0.2) is 27.5 Å². The van der Waals surface area contributed by atoms with E-state index in [4.69, 9.17) is 0 Å². The van der Waals surface area contributed by atoms with Crippen molar-refractivity contribution in [2.24, 2.45) is 0 Å². The van der Waals surface area contributed by atoms with E-state index < -0.39 is 30.6 Å². The molecule has 2 aromatic rings. The van der Waals surface area contributed by atoms with E-state index in [1.165, 1.54) is 12.1 Å². The smallest absolute Gasteiger partial charge is 0.388 e. The molecule has 0 amide bonds. The Morgan fingerprint density at radius 2 is 2.14 bits per heavy atom. The molecule has 9 heteroatoms. The van der Waals surface area contributed by atoms with Crippen molar-refractivity contribution in [2.75, 3.05) is 7.11 Å². The predicted octanol–water partition coefficient (Wildman–Crippen LogP) is 1.93. The summed E-state index contributed by atoms with van der Waals surface area (Å²) in [7, 11) is 1.14. The van der Waals surface area contributed by atoms with Crippen LogP contribution in [0.25, 0.3) is 10.8 Å². The van der Waals surface area contributed by atoms with E-state index in [0.29, 0.717) is 4.47 Å². The fraction of sp³-hybridized carbons (Fsp3) is 0.250. The van der Waals surface area contributed by atoms with E-state index in [-0.39, 0.29) is 10.8 Å². The molecule has 0 aliphatic rings. The van der Waals surface area contributed by atoms with Crippen LogP contribution in [0.2, 0.25) is 0 Å². The van der Waals surface area contributed by atoms with Crippen molar-refractivity contribution < 1.29 is 23.0 Å². The van der Waals surface area contributed by atoms with Gasteiger partial charge in [-0.3, -0.25) is 9.59 Å². The lowest BCUT2D eigenvalue weighted by atomic mass is 10.2. The average Bonchev–Trinajstić information content (AvgIpc) is 2.43. The zero-order valence-corrected chi connectivity index (χ0v) is 12.3.